The lowest BCUT2D eigenvalue weighted by Gasteiger charge is -2.09. The van der Waals surface area contributed by atoms with E-state index in [4.69, 9.17) is 0 Å². The van der Waals surface area contributed by atoms with Gasteiger partial charge in [0.2, 0.25) is 5.91 Å². The highest BCUT2D eigenvalue weighted by Gasteiger charge is 2.10. The van der Waals surface area contributed by atoms with Crippen LogP contribution in [0.25, 0.3) is 20.9 Å². The first kappa shape index (κ1) is 15.9. The molecule has 3 aromatic heterocycles. The molecule has 124 valence electrons. The minimum atomic E-state index is 0.00230. The minimum Gasteiger partial charge on any atom is -0.326 e. The second kappa shape index (κ2) is 6.74. The van der Waals surface area contributed by atoms with Gasteiger partial charge in [0.05, 0.1) is 6.42 Å². The van der Waals surface area contributed by atoms with Gasteiger partial charge >= 0.3 is 0 Å². The van der Waals surface area contributed by atoms with Gasteiger partial charge in [-0.1, -0.05) is 17.4 Å². The highest BCUT2D eigenvalue weighted by molar-refractivity contribution is 7.21. The molecule has 4 nitrogen and oxygen atoms in total. The molecule has 0 aliphatic heterocycles. The van der Waals surface area contributed by atoms with Crippen LogP contribution >= 0.6 is 22.7 Å². The number of benzene rings is 1. The Balaban J connectivity index is 1.55. The summed E-state index contributed by atoms with van der Waals surface area (Å²) in [4.78, 5) is 23.2. The number of rotatable bonds is 4. The normalized spacial score (nSPS) is 10.9. The van der Waals surface area contributed by atoms with Crippen molar-refractivity contribution in [3.63, 3.8) is 0 Å². The molecule has 0 spiro atoms. The Morgan fingerprint density at radius 3 is 2.88 bits per heavy atom. The molecule has 0 radical (unpaired) electrons. The van der Waals surface area contributed by atoms with Crippen molar-refractivity contribution in [2.45, 2.75) is 13.3 Å². The Labute approximate surface area is 153 Å². The van der Waals surface area contributed by atoms with Gasteiger partial charge in [0.25, 0.3) is 0 Å². The van der Waals surface area contributed by atoms with Crippen LogP contribution in [0.15, 0.2) is 54.0 Å². The van der Waals surface area contributed by atoms with Crippen molar-refractivity contribution in [3.8, 4) is 10.6 Å². The van der Waals surface area contributed by atoms with Crippen molar-refractivity contribution in [2.75, 3.05) is 5.32 Å². The second-order valence-corrected chi connectivity index (χ2v) is 7.69. The Kier molecular flexibility index (Phi) is 4.29. The fraction of sp³-hybridized carbons (Fsp3) is 0.105. The van der Waals surface area contributed by atoms with Crippen molar-refractivity contribution in [1.29, 1.82) is 0 Å². The summed E-state index contributed by atoms with van der Waals surface area (Å²) >= 11 is 3.17. The standard InChI is InChI=1S/C19H15N3OS2/c1-12-10-13(18-22-16-5-2-8-20-19(16)25-18)6-7-15(12)21-17(23)11-14-4-3-9-24-14/h2-10H,11H2,1H3,(H,21,23). The number of pyridine rings is 1. The molecule has 1 amide bonds. The van der Waals surface area contributed by atoms with Crippen LogP contribution in [0.3, 0.4) is 0 Å². The topological polar surface area (TPSA) is 54.9 Å². The summed E-state index contributed by atoms with van der Waals surface area (Å²) in [5, 5.41) is 5.91. The summed E-state index contributed by atoms with van der Waals surface area (Å²) in [6, 6.07) is 13.8. The third-order valence-electron chi connectivity index (χ3n) is 3.83. The highest BCUT2D eigenvalue weighted by Crippen LogP contribution is 2.31. The fourth-order valence-corrected chi connectivity index (χ4v) is 4.20. The number of nitrogens with one attached hydrogen (secondary N) is 1. The van der Waals surface area contributed by atoms with Crippen LogP contribution in [0.1, 0.15) is 10.4 Å². The van der Waals surface area contributed by atoms with E-state index in [0.717, 1.165) is 37.0 Å². The monoisotopic (exact) mass is 365 g/mol. The maximum atomic E-state index is 12.2. The predicted octanol–water partition coefficient (Wildman–Crippen LogP) is 4.91. The van der Waals surface area contributed by atoms with E-state index >= 15 is 0 Å². The van der Waals surface area contributed by atoms with Crippen molar-refractivity contribution >= 4 is 44.6 Å². The predicted molar refractivity (Wildman–Crippen MR) is 104 cm³/mol. The molecule has 4 aromatic rings. The Hall–Kier alpha value is -2.57. The number of aromatic nitrogens is 2. The minimum absolute atomic E-state index is 0.00230. The van der Waals surface area contributed by atoms with Gasteiger partial charge in [0.15, 0.2) is 0 Å². The number of amides is 1. The van der Waals surface area contributed by atoms with Crippen molar-refractivity contribution in [2.24, 2.45) is 0 Å². The molecule has 4 rings (SSSR count). The maximum absolute atomic E-state index is 12.2. The molecule has 0 unspecified atom stereocenters. The molecule has 0 atom stereocenters. The fourth-order valence-electron chi connectivity index (χ4n) is 2.60. The zero-order valence-electron chi connectivity index (χ0n) is 13.5. The molecule has 0 bridgehead atoms. The van der Waals surface area contributed by atoms with Crippen LogP contribution in [0.2, 0.25) is 0 Å². The number of thiazole rings is 1. The molecule has 25 heavy (non-hydrogen) atoms. The number of hydrogen-bond acceptors (Lipinski definition) is 5. The molecule has 0 saturated heterocycles. The van der Waals surface area contributed by atoms with Crippen LogP contribution in [0.5, 0.6) is 0 Å². The first-order valence-corrected chi connectivity index (χ1v) is 9.53. The van der Waals surface area contributed by atoms with Crippen LogP contribution in [0.4, 0.5) is 5.69 Å². The molecule has 0 saturated carbocycles. The molecular weight excluding hydrogens is 350 g/mol. The quantitative estimate of drug-likeness (QED) is 0.559. The van der Waals surface area contributed by atoms with E-state index in [1.54, 1.807) is 28.9 Å². The Morgan fingerprint density at radius 2 is 2.12 bits per heavy atom. The van der Waals surface area contributed by atoms with Gasteiger partial charge in [0.1, 0.15) is 15.4 Å². The number of carbonyl (C=O) groups is 1. The molecule has 0 aliphatic rings. The van der Waals surface area contributed by atoms with Crippen molar-refractivity contribution in [3.05, 3.63) is 64.5 Å². The van der Waals surface area contributed by atoms with E-state index in [1.165, 1.54) is 0 Å². The van der Waals surface area contributed by atoms with Gasteiger partial charge in [-0.3, -0.25) is 4.79 Å². The smallest absolute Gasteiger partial charge is 0.229 e. The van der Waals surface area contributed by atoms with E-state index in [2.05, 4.69) is 21.4 Å². The average Bonchev–Trinajstić information content (AvgIpc) is 3.25. The average molecular weight is 365 g/mol. The molecule has 1 N–H and O–H groups in total. The molecule has 0 aliphatic carbocycles. The summed E-state index contributed by atoms with van der Waals surface area (Å²) in [7, 11) is 0. The van der Waals surface area contributed by atoms with Gasteiger partial charge in [-0.2, -0.15) is 0 Å². The summed E-state index contributed by atoms with van der Waals surface area (Å²) in [6.07, 6.45) is 2.18. The number of aryl methyl sites for hydroxylation is 1. The molecular formula is C19H15N3OS2. The third-order valence-corrected chi connectivity index (χ3v) is 5.73. The van der Waals surface area contributed by atoms with E-state index in [-0.39, 0.29) is 5.91 Å². The van der Waals surface area contributed by atoms with Crippen LogP contribution < -0.4 is 5.32 Å². The first-order valence-electron chi connectivity index (χ1n) is 7.84. The molecule has 6 heteroatoms. The van der Waals surface area contributed by atoms with Crippen molar-refractivity contribution < 1.29 is 4.79 Å². The zero-order valence-corrected chi connectivity index (χ0v) is 15.2. The zero-order chi connectivity index (χ0) is 17.2. The van der Waals surface area contributed by atoms with Crippen LogP contribution in [-0.4, -0.2) is 15.9 Å². The number of nitrogens with zero attached hydrogens (tertiary/aromatic N) is 2. The first-order chi connectivity index (χ1) is 12.2. The lowest BCUT2D eigenvalue weighted by molar-refractivity contribution is -0.115. The lowest BCUT2D eigenvalue weighted by atomic mass is 10.1. The summed E-state index contributed by atoms with van der Waals surface area (Å²) < 4.78 is 0. The Bertz CT molecular complexity index is 1000. The van der Waals surface area contributed by atoms with E-state index in [9.17, 15) is 4.79 Å². The van der Waals surface area contributed by atoms with E-state index in [0.29, 0.717) is 6.42 Å². The van der Waals surface area contributed by atoms with E-state index in [1.807, 2.05) is 48.7 Å². The van der Waals surface area contributed by atoms with E-state index < -0.39 is 0 Å². The Morgan fingerprint density at radius 1 is 1.20 bits per heavy atom. The summed E-state index contributed by atoms with van der Waals surface area (Å²) in [6.45, 7) is 2.00. The summed E-state index contributed by atoms with van der Waals surface area (Å²) in [5.74, 6) is 0.00230. The third kappa shape index (κ3) is 3.45. The van der Waals surface area contributed by atoms with Gasteiger partial charge in [-0.15, -0.1) is 11.3 Å². The number of thiophene rings is 1. The molecule has 1 aromatic carbocycles. The summed E-state index contributed by atoms with van der Waals surface area (Å²) in [5.41, 5.74) is 3.80. The SMILES string of the molecule is Cc1cc(-c2nc3cccnc3s2)ccc1NC(=O)Cc1cccs1. The van der Waals surface area contributed by atoms with Gasteiger partial charge in [-0.25, -0.2) is 9.97 Å². The maximum Gasteiger partial charge on any atom is 0.229 e. The van der Waals surface area contributed by atoms with Crippen molar-refractivity contribution in [1.82, 2.24) is 9.97 Å². The van der Waals surface area contributed by atoms with Crippen LogP contribution in [0, 0.1) is 6.92 Å². The highest BCUT2D eigenvalue weighted by atomic mass is 32.1. The number of anilines is 1. The lowest BCUT2D eigenvalue weighted by Crippen LogP contribution is -2.14. The number of fused-ring (bicyclic) bond motifs is 1. The van der Waals surface area contributed by atoms with Crippen LogP contribution in [-0.2, 0) is 11.2 Å². The van der Waals surface area contributed by atoms with Gasteiger partial charge in [-0.05, 0) is 54.3 Å². The second-order valence-electron chi connectivity index (χ2n) is 5.68. The molecule has 0 fully saturated rings. The largest absolute Gasteiger partial charge is 0.326 e. The van der Waals surface area contributed by atoms with Gasteiger partial charge < -0.3 is 5.32 Å². The van der Waals surface area contributed by atoms with Gasteiger partial charge in [0, 0.05) is 22.3 Å². The number of carbonyl (C=O) groups excluding carboxylic acids is 1. The number of hydrogen-bond donors (Lipinski definition) is 1. The molecule has 3 heterocycles.